The van der Waals surface area contributed by atoms with E-state index >= 15 is 0 Å². The Balaban J connectivity index is 4.21. The molecule has 0 fully saturated rings. The van der Waals surface area contributed by atoms with Crippen LogP contribution in [0, 0.1) is 0 Å². The normalized spacial score (nSPS) is 12.9. The first-order valence-electron chi connectivity index (χ1n) is 5.69. The van der Waals surface area contributed by atoms with Gasteiger partial charge >= 0.3 is 18.0 Å². The van der Waals surface area contributed by atoms with Gasteiger partial charge in [0.05, 0.1) is 0 Å². The topological polar surface area (TPSA) is 168 Å². The molecule has 0 saturated carbocycles. The summed E-state index contributed by atoms with van der Waals surface area (Å²) < 4.78 is 4.52. The molecule has 10 heteroatoms. The molecule has 0 saturated heterocycles. The first-order valence-corrected chi connectivity index (χ1v) is 5.69. The van der Waals surface area contributed by atoms with Crippen molar-refractivity contribution in [2.75, 3.05) is 13.2 Å². The van der Waals surface area contributed by atoms with Crippen molar-refractivity contribution in [3.8, 4) is 0 Å². The number of hydrogen-bond acceptors (Lipinski definition) is 6. The summed E-state index contributed by atoms with van der Waals surface area (Å²) in [4.78, 5) is 43.5. The van der Waals surface area contributed by atoms with Gasteiger partial charge in [0, 0.05) is 0 Å². The molecule has 0 spiro atoms. The van der Waals surface area contributed by atoms with E-state index in [9.17, 15) is 19.2 Å². The van der Waals surface area contributed by atoms with Gasteiger partial charge in [0.15, 0.2) is 0 Å². The predicted molar refractivity (Wildman–Crippen MR) is 64.8 cm³/mol. The van der Waals surface area contributed by atoms with Crippen LogP contribution >= 0.6 is 0 Å². The third kappa shape index (κ3) is 7.16. The summed E-state index contributed by atoms with van der Waals surface area (Å²) >= 11 is 0. The molecule has 2 atom stereocenters. The summed E-state index contributed by atoms with van der Waals surface area (Å²) in [5.74, 6) is -3.23. The second-order valence-corrected chi connectivity index (χ2v) is 3.76. The van der Waals surface area contributed by atoms with Crippen molar-refractivity contribution in [3.63, 3.8) is 0 Å². The number of alkyl carbamates (subject to hydrolysis) is 1. The van der Waals surface area contributed by atoms with Crippen LogP contribution in [0.1, 0.15) is 13.3 Å². The highest BCUT2D eigenvalue weighted by Crippen LogP contribution is 1.93. The van der Waals surface area contributed by atoms with Crippen LogP contribution in [-0.4, -0.2) is 59.4 Å². The summed E-state index contributed by atoms with van der Waals surface area (Å²) in [5, 5.41) is 21.1. The van der Waals surface area contributed by atoms with E-state index in [1.165, 1.54) is 0 Å². The van der Waals surface area contributed by atoms with Crippen molar-refractivity contribution in [2.45, 2.75) is 25.4 Å². The molecule has 0 aliphatic carbocycles. The molecule has 0 aromatic rings. The monoisotopic (exact) mass is 291 g/mol. The Labute approximate surface area is 114 Å². The molecule has 6 N–H and O–H groups in total. The maximum atomic E-state index is 11.5. The maximum Gasteiger partial charge on any atom is 0.407 e. The third-order valence-corrected chi connectivity index (χ3v) is 2.14. The zero-order valence-corrected chi connectivity index (χ0v) is 10.8. The highest BCUT2D eigenvalue weighted by atomic mass is 16.5. The molecule has 20 heavy (non-hydrogen) atoms. The smallest absolute Gasteiger partial charge is 0.407 e. The summed E-state index contributed by atoms with van der Waals surface area (Å²) in [5.41, 5.74) is 5.12. The van der Waals surface area contributed by atoms with E-state index in [4.69, 9.17) is 15.9 Å². The molecule has 114 valence electrons. The van der Waals surface area contributed by atoms with Crippen LogP contribution in [0.4, 0.5) is 4.79 Å². The van der Waals surface area contributed by atoms with Crippen molar-refractivity contribution < 1.29 is 34.1 Å². The van der Waals surface area contributed by atoms with Gasteiger partial charge in [0.25, 0.3) is 0 Å². The fraction of sp³-hybridized carbons (Fsp3) is 0.600. The van der Waals surface area contributed by atoms with Gasteiger partial charge in [-0.2, -0.15) is 0 Å². The van der Waals surface area contributed by atoms with E-state index in [-0.39, 0.29) is 6.42 Å². The Morgan fingerprint density at radius 3 is 2.30 bits per heavy atom. The number of ether oxygens (including phenoxy) is 1. The zero-order valence-electron chi connectivity index (χ0n) is 10.8. The second-order valence-electron chi connectivity index (χ2n) is 3.76. The molecule has 0 rings (SSSR count). The minimum Gasteiger partial charge on any atom is -0.480 e. The lowest BCUT2D eigenvalue weighted by atomic mass is 10.2. The van der Waals surface area contributed by atoms with Gasteiger partial charge in [0.1, 0.15) is 25.2 Å². The van der Waals surface area contributed by atoms with E-state index in [1.807, 2.05) is 0 Å². The summed E-state index contributed by atoms with van der Waals surface area (Å²) in [7, 11) is 0. The minimum atomic E-state index is -1.36. The zero-order chi connectivity index (χ0) is 15.7. The minimum absolute atomic E-state index is 0.200. The van der Waals surface area contributed by atoms with Gasteiger partial charge in [-0.3, -0.25) is 14.4 Å². The molecule has 0 aliphatic heterocycles. The largest absolute Gasteiger partial charge is 0.480 e. The van der Waals surface area contributed by atoms with Crippen LogP contribution in [0.15, 0.2) is 0 Å². The molecular weight excluding hydrogens is 274 g/mol. The molecule has 0 aliphatic rings. The third-order valence-electron chi connectivity index (χ3n) is 2.14. The number of nitrogens with one attached hydrogen (secondary N) is 2. The van der Waals surface area contributed by atoms with Gasteiger partial charge in [-0.15, -0.1) is 0 Å². The maximum absolute atomic E-state index is 11.5. The lowest BCUT2D eigenvalue weighted by molar-refractivity contribution is -0.139. The highest BCUT2D eigenvalue weighted by Gasteiger charge is 2.21. The van der Waals surface area contributed by atoms with E-state index in [0.717, 1.165) is 0 Å². The van der Waals surface area contributed by atoms with Crippen molar-refractivity contribution in [1.29, 1.82) is 0 Å². The number of carbonyl (C=O) groups excluding carboxylic acids is 2. The molecule has 0 heterocycles. The van der Waals surface area contributed by atoms with Crippen molar-refractivity contribution in [3.05, 3.63) is 0 Å². The van der Waals surface area contributed by atoms with Crippen LogP contribution in [-0.2, 0) is 19.1 Å². The Bertz CT molecular complexity index is 385. The fourth-order valence-electron chi connectivity index (χ4n) is 1.06. The lowest BCUT2D eigenvalue weighted by Gasteiger charge is -2.16. The number of hydrogen-bond donors (Lipinski definition) is 5. The number of rotatable bonds is 8. The van der Waals surface area contributed by atoms with Crippen molar-refractivity contribution in [1.82, 2.24) is 10.6 Å². The first kappa shape index (κ1) is 17.6. The SMILES string of the molecule is CCC(NC(=O)OCC(N)C(=O)O)C(=O)NCC(=O)O. The molecule has 0 aromatic carbocycles. The molecule has 2 unspecified atom stereocenters. The van der Waals surface area contributed by atoms with Crippen LogP contribution < -0.4 is 16.4 Å². The molecule has 0 aromatic heterocycles. The van der Waals surface area contributed by atoms with Crippen LogP contribution in [0.5, 0.6) is 0 Å². The number of carboxylic acids is 2. The van der Waals surface area contributed by atoms with Crippen LogP contribution in [0.2, 0.25) is 0 Å². The Hall–Kier alpha value is -2.36. The van der Waals surface area contributed by atoms with Crippen molar-refractivity contribution in [2.24, 2.45) is 5.73 Å². The predicted octanol–water partition coefficient (Wildman–Crippen LogP) is -1.90. The van der Waals surface area contributed by atoms with Gasteiger partial charge in [-0.25, -0.2) is 4.79 Å². The quantitative estimate of drug-likeness (QED) is 0.345. The molecule has 0 radical (unpaired) electrons. The molecule has 2 amide bonds. The average molecular weight is 291 g/mol. The van der Waals surface area contributed by atoms with Crippen molar-refractivity contribution >= 4 is 23.9 Å². The van der Waals surface area contributed by atoms with E-state index in [0.29, 0.717) is 0 Å². The number of carbonyl (C=O) groups is 4. The van der Waals surface area contributed by atoms with Crippen LogP contribution in [0.25, 0.3) is 0 Å². The molecule has 10 nitrogen and oxygen atoms in total. The average Bonchev–Trinajstić information content (AvgIpc) is 2.38. The van der Waals surface area contributed by atoms with Crippen LogP contribution in [0.3, 0.4) is 0 Å². The summed E-state index contributed by atoms with van der Waals surface area (Å²) in [6.45, 7) is 0.471. The van der Waals surface area contributed by atoms with E-state index in [1.54, 1.807) is 6.92 Å². The molecule has 0 bridgehead atoms. The van der Waals surface area contributed by atoms with Gasteiger partial charge < -0.3 is 31.3 Å². The standard InChI is InChI=1S/C10H17N3O7/c1-2-6(8(16)12-3-7(14)15)13-10(19)20-4-5(11)9(17)18/h5-6H,2-4,11H2,1H3,(H,12,16)(H,13,19)(H,14,15)(H,17,18). The summed E-state index contributed by atoms with van der Waals surface area (Å²) in [6.07, 6.45) is -0.815. The number of aliphatic carboxylic acids is 2. The Kier molecular flexibility index (Phi) is 7.67. The number of amides is 2. The summed E-state index contributed by atoms with van der Waals surface area (Å²) in [6, 6.07) is -2.34. The van der Waals surface area contributed by atoms with E-state index < -0.39 is 49.2 Å². The fourth-order valence-corrected chi connectivity index (χ4v) is 1.06. The van der Waals surface area contributed by atoms with Gasteiger partial charge in [-0.05, 0) is 6.42 Å². The highest BCUT2D eigenvalue weighted by molar-refractivity contribution is 5.87. The molecular formula is C10H17N3O7. The van der Waals surface area contributed by atoms with Gasteiger partial charge in [0.2, 0.25) is 5.91 Å². The Morgan fingerprint density at radius 2 is 1.85 bits per heavy atom. The lowest BCUT2D eigenvalue weighted by Crippen LogP contribution is -2.48. The second kappa shape index (κ2) is 8.69. The Morgan fingerprint density at radius 1 is 1.25 bits per heavy atom. The number of nitrogens with two attached hydrogens (primary N) is 1. The van der Waals surface area contributed by atoms with E-state index in [2.05, 4.69) is 15.4 Å². The van der Waals surface area contributed by atoms with Gasteiger partial charge in [-0.1, -0.05) is 6.92 Å². The number of carboxylic acid groups (broad SMARTS) is 2. The first-order chi connectivity index (χ1) is 9.27.